The van der Waals surface area contributed by atoms with E-state index in [2.05, 4.69) is 10.3 Å². The van der Waals surface area contributed by atoms with Gasteiger partial charge in [-0.3, -0.25) is 14.2 Å². The summed E-state index contributed by atoms with van der Waals surface area (Å²) >= 11 is 1.62. The number of nitrogens with one attached hydrogen (secondary N) is 1. The molecule has 3 aromatic rings. The molecule has 3 aromatic heterocycles. The van der Waals surface area contributed by atoms with Gasteiger partial charge in [0, 0.05) is 25.5 Å². The van der Waals surface area contributed by atoms with E-state index in [-0.39, 0.29) is 12.5 Å². The third-order valence-electron chi connectivity index (χ3n) is 3.78. The van der Waals surface area contributed by atoms with E-state index in [4.69, 9.17) is 0 Å². The van der Waals surface area contributed by atoms with Gasteiger partial charge in [-0.2, -0.15) is 0 Å². The van der Waals surface area contributed by atoms with Crippen LogP contribution in [0.2, 0.25) is 0 Å². The molecule has 0 saturated carbocycles. The molecule has 0 radical (unpaired) electrons. The van der Waals surface area contributed by atoms with Crippen molar-refractivity contribution < 1.29 is 4.79 Å². The fourth-order valence-corrected chi connectivity index (χ4v) is 3.22. The normalized spacial score (nSPS) is 11.1. The van der Waals surface area contributed by atoms with Crippen molar-refractivity contribution in [3.8, 4) is 0 Å². The van der Waals surface area contributed by atoms with Gasteiger partial charge in [0.05, 0.1) is 6.33 Å². The van der Waals surface area contributed by atoms with Crippen molar-refractivity contribution in [2.45, 2.75) is 13.0 Å². The third kappa shape index (κ3) is 2.90. The van der Waals surface area contributed by atoms with Crippen molar-refractivity contribution in [3.05, 3.63) is 49.6 Å². The van der Waals surface area contributed by atoms with E-state index in [1.165, 1.54) is 22.8 Å². The van der Waals surface area contributed by atoms with Gasteiger partial charge >= 0.3 is 5.69 Å². The van der Waals surface area contributed by atoms with Crippen LogP contribution in [-0.2, 0) is 31.9 Å². The van der Waals surface area contributed by atoms with Gasteiger partial charge in [0.15, 0.2) is 11.2 Å². The second-order valence-electron chi connectivity index (χ2n) is 5.44. The number of carbonyl (C=O) groups excluding carboxylic acids is 1. The van der Waals surface area contributed by atoms with E-state index in [1.54, 1.807) is 23.0 Å². The highest BCUT2D eigenvalue weighted by Gasteiger charge is 2.16. The molecule has 0 aliphatic rings. The Labute approximate surface area is 141 Å². The number of rotatable bonds is 5. The van der Waals surface area contributed by atoms with E-state index in [0.29, 0.717) is 17.7 Å². The fraction of sp³-hybridized carbons (Fsp3) is 0.333. The lowest BCUT2D eigenvalue weighted by atomic mass is 10.3. The summed E-state index contributed by atoms with van der Waals surface area (Å²) in [6, 6.07) is 3.95. The van der Waals surface area contributed by atoms with E-state index in [9.17, 15) is 14.4 Å². The van der Waals surface area contributed by atoms with E-state index < -0.39 is 11.2 Å². The van der Waals surface area contributed by atoms with Crippen LogP contribution in [0.5, 0.6) is 0 Å². The Morgan fingerprint density at radius 2 is 2.12 bits per heavy atom. The monoisotopic (exact) mass is 347 g/mol. The molecule has 126 valence electrons. The minimum Gasteiger partial charge on any atom is -0.354 e. The zero-order valence-electron chi connectivity index (χ0n) is 13.4. The summed E-state index contributed by atoms with van der Waals surface area (Å²) in [6.45, 7) is 0.152. The number of aromatic nitrogens is 4. The molecule has 1 N–H and O–H groups in total. The maximum absolute atomic E-state index is 12.5. The van der Waals surface area contributed by atoms with Gasteiger partial charge in [0.2, 0.25) is 5.91 Å². The number of hydrogen-bond donors (Lipinski definition) is 1. The minimum atomic E-state index is -0.556. The average Bonchev–Trinajstić information content (AvgIpc) is 3.19. The van der Waals surface area contributed by atoms with Crippen LogP contribution in [0, 0.1) is 0 Å². The molecule has 24 heavy (non-hydrogen) atoms. The number of thiophene rings is 1. The van der Waals surface area contributed by atoms with Crippen molar-refractivity contribution in [2.24, 2.45) is 14.1 Å². The largest absolute Gasteiger partial charge is 0.354 e. The summed E-state index contributed by atoms with van der Waals surface area (Å²) in [5.41, 5.74) is -0.466. The quantitative estimate of drug-likeness (QED) is 0.695. The molecule has 3 heterocycles. The van der Waals surface area contributed by atoms with Crippen molar-refractivity contribution >= 4 is 28.4 Å². The number of imidazole rings is 1. The summed E-state index contributed by atoms with van der Waals surface area (Å²) in [4.78, 5) is 42.1. The maximum atomic E-state index is 12.5. The van der Waals surface area contributed by atoms with Crippen LogP contribution in [0.3, 0.4) is 0 Å². The molecule has 0 unspecified atom stereocenters. The molecule has 0 bridgehead atoms. The van der Waals surface area contributed by atoms with Gasteiger partial charge in [-0.15, -0.1) is 11.3 Å². The Hall–Kier alpha value is -2.68. The fourth-order valence-electron chi connectivity index (χ4n) is 2.52. The lowest BCUT2D eigenvalue weighted by Crippen LogP contribution is -2.43. The molecule has 1 amide bonds. The Bertz CT molecular complexity index is 997. The molecule has 0 aliphatic carbocycles. The zero-order chi connectivity index (χ0) is 17.3. The number of amides is 1. The standard InChI is InChI=1S/C15H17N5O3S/c1-18-9-17-13-12(18)14(22)20(15(23)19(13)2)8-11(21)16-6-5-10-4-3-7-24-10/h3-4,7,9H,5-6,8H2,1-2H3,(H,16,21). The van der Waals surface area contributed by atoms with E-state index in [0.717, 1.165) is 11.0 Å². The van der Waals surface area contributed by atoms with Crippen molar-refractivity contribution in [1.82, 2.24) is 24.0 Å². The lowest BCUT2D eigenvalue weighted by Gasteiger charge is -2.09. The molecule has 0 aromatic carbocycles. The van der Waals surface area contributed by atoms with Gasteiger partial charge in [0.1, 0.15) is 6.54 Å². The molecule has 0 saturated heterocycles. The van der Waals surface area contributed by atoms with Crippen LogP contribution < -0.4 is 16.6 Å². The van der Waals surface area contributed by atoms with E-state index >= 15 is 0 Å². The Morgan fingerprint density at radius 3 is 2.83 bits per heavy atom. The molecule has 0 aliphatic heterocycles. The second kappa shape index (κ2) is 6.44. The number of fused-ring (bicyclic) bond motifs is 1. The first kappa shape index (κ1) is 16.2. The van der Waals surface area contributed by atoms with Crippen molar-refractivity contribution in [2.75, 3.05) is 6.54 Å². The molecular weight excluding hydrogens is 330 g/mol. The first-order valence-electron chi connectivity index (χ1n) is 7.39. The summed E-state index contributed by atoms with van der Waals surface area (Å²) in [5.74, 6) is -0.368. The molecule has 8 nitrogen and oxygen atoms in total. The summed E-state index contributed by atoms with van der Waals surface area (Å²) < 4.78 is 3.75. The minimum absolute atomic E-state index is 0.295. The van der Waals surface area contributed by atoms with Gasteiger partial charge < -0.3 is 9.88 Å². The second-order valence-corrected chi connectivity index (χ2v) is 6.47. The first-order valence-corrected chi connectivity index (χ1v) is 8.27. The van der Waals surface area contributed by atoms with Crippen LogP contribution >= 0.6 is 11.3 Å². The number of nitrogens with zero attached hydrogens (tertiary/aromatic N) is 4. The lowest BCUT2D eigenvalue weighted by molar-refractivity contribution is -0.121. The predicted molar refractivity (Wildman–Crippen MR) is 91.2 cm³/mol. The van der Waals surface area contributed by atoms with Gasteiger partial charge in [-0.05, 0) is 17.9 Å². The highest BCUT2D eigenvalue weighted by Crippen LogP contribution is 2.08. The van der Waals surface area contributed by atoms with Gasteiger partial charge in [-0.25, -0.2) is 14.3 Å². The summed E-state index contributed by atoms with van der Waals surface area (Å²) in [5, 5.41) is 4.71. The summed E-state index contributed by atoms with van der Waals surface area (Å²) in [7, 11) is 3.20. The molecule has 0 fully saturated rings. The predicted octanol–water partition coefficient (Wildman–Crippen LogP) is -0.146. The topological polar surface area (TPSA) is 90.9 Å². The zero-order valence-corrected chi connectivity index (χ0v) is 14.2. The number of hydrogen-bond acceptors (Lipinski definition) is 5. The summed E-state index contributed by atoms with van der Waals surface area (Å²) in [6.07, 6.45) is 2.19. The smallest absolute Gasteiger partial charge is 0.332 e. The number of carbonyl (C=O) groups is 1. The Kier molecular flexibility index (Phi) is 4.34. The SMILES string of the molecule is Cn1cnc2c1c(=O)n(CC(=O)NCCc1cccs1)c(=O)n2C. The van der Waals surface area contributed by atoms with Crippen molar-refractivity contribution in [3.63, 3.8) is 0 Å². The third-order valence-corrected chi connectivity index (χ3v) is 4.71. The highest BCUT2D eigenvalue weighted by atomic mass is 32.1. The number of aryl methyl sites for hydroxylation is 2. The van der Waals surface area contributed by atoms with Crippen molar-refractivity contribution in [1.29, 1.82) is 0 Å². The molecule has 0 atom stereocenters. The van der Waals surface area contributed by atoms with Crippen LogP contribution in [0.1, 0.15) is 4.88 Å². The molecular formula is C15H17N5O3S. The average molecular weight is 347 g/mol. The highest BCUT2D eigenvalue weighted by molar-refractivity contribution is 7.09. The van der Waals surface area contributed by atoms with Crippen LogP contribution in [-0.4, -0.2) is 31.1 Å². The van der Waals surface area contributed by atoms with Crippen LogP contribution in [0.4, 0.5) is 0 Å². The van der Waals surface area contributed by atoms with Gasteiger partial charge in [-0.1, -0.05) is 6.07 Å². The molecule has 0 spiro atoms. The molecule has 9 heteroatoms. The Morgan fingerprint density at radius 1 is 1.33 bits per heavy atom. The first-order chi connectivity index (χ1) is 11.5. The van der Waals surface area contributed by atoms with Gasteiger partial charge in [0.25, 0.3) is 5.56 Å². The Balaban J connectivity index is 1.79. The molecule has 3 rings (SSSR count). The maximum Gasteiger partial charge on any atom is 0.332 e. The van der Waals surface area contributed by atoms with E-state index in [1.807, 2.05) is 17.5 Å². The van der Waals surface area contributed by atoms with Crippen LogP contribution in [0.15, 0.2) is 33.4 Å². The van der Waals surface area contributed by atoms with Crippen LogP contribution in [0.25, 0.3) is 11.2 Å².